The number of rotatable bonds is 2. The van der Waals surface area contributed by atoms with E-state index >= 15 is 0 Å². The van der Waals surface area contributed by atoms with Crippen LogP contribution < -0.4 is 10.6 Å². The molecule has 0 spiro atoms. The molecule has 2 amide bonds. The summed E-state index contributed by atoms with van der Waals surface area (Å²) in [4.78, 5) is 12.1. The molecule has 0 aliphatic heterocycles. The summed E-state index contributed by atoms with van der Waals surface area (Å²) in [6.45, 7) is 0. The first-order valence-electron chi connectivity index (χ1n) is 6.72. The van der Waals surface area contributed by atoms with Crippen LogP contribution in [0.25, 0.3) is 0 Å². The molecule has 1 aliphatic rings. The molecular weight excluding hydrogens is 379 g/mol. The first kappa shape index (κ1) is 14.3. The summed E-state index contributed by atoms with van der Waals surface area (Å²) in [5.74, 6) is 0. The molecule has 5 heteroatoms. The lowest BCUT2D eigenvalue weighted by atomic mass is 10.1. The molecule has 1 aliphatic carbocycles. The number of fused-ring (bicyclic) bond motifs is 1. The lowest BCUT2D eigenvalue weighted by molar-refractivity contribution is 0.144. The normalized spacial score (nSPS) is 19.9. The van der Waals surface area contributed by atoms with Gasteiger partial charge in [-0.3, -0.25) is 0 Å². The second kappa shape index (κ2) is 6.03. The Morgan fingerprint density at radius 1 is 1.14 bits per heavy atom. The van der Waals surface area contributed by atoms with Crippen LogP contribution in [0.15, 0.2) is 48.5 Å². The number of aliphatic hydroxyl groups is 1. The highest BCUT2D eigenvalue weighted by Gasteiger charge is 2.31. The highest BCUT2D eigenvalue weighted by Crippen LogP contribution is 2.31. The number of amides is 2. The van der Waals surface area contributed by atoms with E-state index in [0.717, 1.165) is 20.4 Å². The lowest BCUT2D eigenvalue weighted by Gasteiger charge is -2.18. The molecule has 3 N–H and O–H groups in total. The van der Waals surface area contributed by atoms with Crippen molar-refractivity contribution in [2.24, 2.45) is 0 Å². The summed E-state index contributed by atoms with van der Waals surface area (Å²) in [5.41, 5.74) is 2.81. The van der Waals surface area contributed by atoms with E-state index in [1.54, 1.807) is 0 Å². The third-order valence-corrected chi connectivity index (χ3v) is 4.31. The van der Waals surface area contributed by atoms with Crippen molar-refractivity contribution in [2.75, 3.05) is 5.32 Å². The summed E-state index contributed by atoms with van der Waals surface area (Å²) in [6.07, 6.45) is -0.00476. The molecule has 0 unspecified atom stereocenters. The van der Waals surface area contributed by atoms with E-state index in [1.807, 2.05) is 48.5 Å². The Morgan fingerprint density at radius 3 is 2.62 bits per heavy atom. The van der Waals surface area contributed by atoms with Crippen molar-refractivity contribution in [3.63, 3.8) is 0 Å². The molecule has 0 saturated carbocycles. The Morgan fingerprint density at radius 2 is 1.86 bits per heavy atom. The molecule has 0 saturated heterocycles. The van der Waals surface area contributed by atoms with Crippen molar-refractivity contribution in [3.05, 3.63) is 63.2 Å². The van der Waals surface area contributed by atoms with E-state index in [2.05, 4.69) is 33.2 Å². The number of hydrogen-bond donors (Lipinski definition) is 3. The van der Waals surface area contributed by atoms with Crippen LogP contribution >= 0.6 is 22.6 Å². The van der Waals surface area contributed by atoms with Crippen molar-refractivity contribution in [2.45, 2.75) is 18.6 Å². The van der Waals surface area contributed by atoms with Gasteiger partial charge in [-0.15, -0.1) is 0 Å². The second-order valence-electron chi connectivity index (χ2n) is 5.05. The Hall–Kier alpha value is -1.60. The third-order valence-electron chi connectivity index (χ3n) is 3.59. The average molecular weight is 394 g/mol. The zero-order valence-electron chi connectivity index (χ0n) is 11.2. The minimum absolute atomic E-state index is 0.308. The molecular formula is C16H15IN2O2. The number of halogens is 1. The maximum atomic E-state index is 12.1. The Labute approximate surface area is 136 Å². The van der Waals surface area contributed by atoms with Crippen molar-refractivity contribution in [1.29, 1.82) is 0 Å². The highest BCUT2D eigenvalue weighted by molar-refractivity contribution is 14.1. The van der Waals surface area contributed by atoms with Gasteiger partial charge < -0.3 is 15.7 Å². The van der Waals surface area contributed by atoms with Crippen LogP contribution in [0.2, 0.25) is 0 Å². The number of nitrogens with one attached hydrogen (secondary N) is 2. The number of carbonyl (C=O) groups excluding carboxylic acids is 1. The zero-order chi connectivity index (χ0) is 14.8. The van der Waals surface area contributed by atoms with Gasteiger partial charge in [0.25, 0.3) is 0 Å². The van der Waals surface area contributed by atoms with E-state index < -0.39 is 6.10 Å². The molecule has 21 heavy (non-hydrogen) atoms. The van der Waals surface area contributed by atoms with E-state index in [4.69, 9.17) is 0 Å². The summed E-state index contributed by atoms with van der Waals surface area (Å²) >= 11 is 2.21. The van der Waals surface area contributed by atoms with Gasteiger partial charge in [-0.1, -0.05) is 24.3 Å². The predicted octanol–water partition coefficient (Wildman–Crippen LogP) is 3.07. The largest absolute Gasteiger partial charge is 0.390 e. The van der Waals surface area contributed by atoms with Crippen LogP contribution in [0.5, 0.6) is 0 Å². The molecule has 2 atom stereocenters. The summed E-state index contributed by atoms with van der Waals surface area (Å²) in [7, 11) is 0. The van der Waals surface area contributed by atoms with Gasteiger partial charge in [0.05, 0.1) is 12.1 Å². The lowest BCUT2D eigenvalue weighted by Crippen LogP contribution is -2.36. The third kappa shape index (κ3) is 3.19. The van der Waals surface area contributed by atoms with E-state index in [0.29, 0.717) is 6.42 Å². The molecule has 0 radical (unpaired) electrons. The Bertz CT molecular complexity index is 658. The molecule has 0 fully saturated rings. The van der Waals surface area contributed by atoms with E-state index in [9.17, 15) is 9.90 Å². The molecule has 4 nitrogen and oxygen atoms in total. The van der Waals surface area contributed by atoms with Gasteiger partial charge in [-0.25, -0.2) is 4.79 Å². The smallest absolute Gasteiger partial charge is 0.319 e. The zero-order valence-corrected chi connectivity index (χ0v) is 13.4. The monoisotopic (exact) mass is 394 g/mol. The minimum Gasteiger partial charge on any atom is -0.390 e. The van der Waals surface area contributed by atoms with Crippen LogP contribution in [0.1, 0.15) is 17.2 Å². The van der Waals surface area contributed by atoms with Crippen LogP contribution in [-0.4, -0.2) is 17.2 Å². The number of urea groups is 1. The van der Waals surface area contributed by atoms with Crippen molar-refractivity contribution in [1.82, 2.24) is 5.32 Å². The minimum atomic E-state index is -0.579. The van der Waals surface area contributed by atoms with Crippen molar-refractivity contribution in [3.8, 4) is 0 Å². The fourth-order valence-corrected chi connectivity index (χ4v) is 2.95. The molecule has 2 aromatic carbocycles. The first-order valence-corrected chi connectivity index (χ1v) is 7.80. The number of aliphatic hydroxyl groups excluding tert-OH is 1. The van der Waals surface area contributed by atoms with Crippen molar-refractivity contribution < 1.29 is 9.90 Å². The number of anilines is 1. The maximum Gasteiger partial charge on any atom is 0.319 e. The molecule has 2 aromatic rings. The number of hydrogen-bond acceptors (Lipinski definition) is 2. The standard InChI is InChI=1S/C16H15IN2O2/c17-11-5-7-12(8-6-11)18-16(21)19-15-13-4-2-1-3-10(13)9-14(15)20/h1-8,14-15,20H,9H2,(H2,18,19,21)/t14-,15+/m0/s1. The van der Waals surface area contributed by atoms with Gasteiger partial charge in [0.15, 0.2) is 0 Å². The van der Waals surface area contributed by atoms with Gasteiger partial charge in [-0.05, 0) is 58.0 Å². The Kier molecular flexibility index (Phi) is 4.12. The molecule has 3 rings (SSSR count). The van der Waals surface area contributed by atoms with E-state index in [1.165, 1.54) is 0 Å². The average Bonchev–Trinajstić information content (AvgIpc) is 2.78. The molecule has 0 aromatic heterocycles. The SMILES string of the molecule is O=C(Nc1ccc(I)cc1)N[C@@H]1c2ccccc2C[C@@H]1O. The second-order valence-corrected chi connectivity index (χ2v) is 6.30. The highest BCUT2D eigenvalue weighted by atomic mass is 127. The van der Waals surface area contributed by atoms with Gasteiger partial charge in [0, 0.05) is 15.7 Å². The van der Waals surface area contributed by atoms with Crippen LogP contribution in [0.4, 0.5) is 10.5 Å². The van der Waals surface area contributed by atoms with E-state index in [-0.39, 0.29) is 12.1 Å². The molecule has 0 heterocycles. The van der Waals surface area contributed by atoms with Gasteiger partial charge in [0.1, 0.15) is 0 Å². The van der Waals surface area contributed by atoms with Crippen LogP contribution in [0, 0.1) is 3.57 Å². The van der Waals surface area contributed by atoms with Gasteiger partial charge >= 0.3 is 6.03 Å². The summed E-state index contributed by atoms with van der Waals surface area (Å²) in [5, 5.41) is 15.7. The number of carbonyl (C=O) groups is 1. The molecule has 0 bridgehead atoms. The fraction of sp³-hybridized carbons (Fsp3) is 0.188. The topological polar surface area (TPSA) is 61.4 Å². The summed E-state index contributed by atoms with van der Waals surface area (Å²) < 4.78 is 1.11. The quantitative estimate of drug-likeness (QED) is 0.686. The van der Waals surface area contributed by atoms with Crippen molar-refractivity contribution >= 4 is 34.3 Å². The maximum absolute atomic E-state index is 12.1. The number of benzene rings is 2. The van der Waals surface area contributed by atoms with Gasteiger partial charge in [0.2, 0.25) is 0 Å². The van der Waals surface area contributed by atoms with Crippen LogP contribution in [0.3, 0.4) is 0 Å². The fourth-order valence-electron chi connectivity index (χ4n) is 2.59. The van der Waals surface area contributed by atoms with Gasteiger partial charge in [-0.2, -0.15) is 0 Å². The van der Waals surface area contributed by atoms with Crippen LogP contribution in [-0.2, 0) is 6.42 Å². The first-order chi connectivity index (χ1) is 10.1. The summed E-state index contributed by atoms with van der Waals surface area (Å²) in [6, 6.07) is 14.7. The molecule has 108 valence electrons. The predicted molar refractivity (Wildman–Crippen MR) is 90.2 cm³/mol. The Balaban J connectivity index is 1.69.